The number of benzene rings is 1. The lowest BCUT2D eigenvalue weighted by molar-refractivity contribution is 0.0497. The highest BCUT2D eigenvalue weighted by atomic mass is 35.5. The molecule has 2 rings (SSSR count). The summed E-state index contributed by atoms with van der Waals surface area (Å²) in [5.74, 6) is -0.310. The average molecular weight is 528 g/mol. The van der Waals surface area contributed by atoms with Crippen LogP contribution >= 0.6 is 34.5 Å². The zero-order valence-electron chi connectivity index (χ0n) is 20.6. The molecule has 0 amide bonds. The molecule has 0 bridgehead atoms. The van der Waals surface area contributed by atoms with E-state index in [4.69, 9.17) is 27.9 Å². The van der Waals surface area contributed by atoms with Gasteiger partial charge in [-0.25, -0.2) is 9.78 Å². The van der Waals surface area contributed by atoms with Gasteiger partial charge in [-0.2, -0.15) is 0 Å². The summed E-state index contributed by atoms with van der Waals surface area (Å²) in [5, 5.41) is 3.79. The standard InChI is InChI=1S/C27H40Cl2N2O2S/c1-2-3-4-5-6-7-8-9-10-11-12-13-14-15-18-33-26(32)22-16-17-24(28)25(19-22)30-20-23-21-31-27(29)34-23/h16-17,19,21,30H,2-15,18,20H2,1H3. The molecule has 2 aromatic rings. The Kier molecular flexibility index (Phi) is 15.3. The van der Waals surface area contributed by atoms with Gasteiger partial charge in [0.1, 0.15) is 0 Å². The summed E-state index contributed by atoms with van der Waals surface area (Å²) in [6.07, 6.45) is 20.0. The number of rotatable bonds is 19. The predicted molar refractivity (Wildman–Crippen MR) is 146 cm³/mol. The van der Waals surface area contributed by atoms with Crippen molar-refractivity contribution >= 4 is 46.2 Å². The van der Waals surface area contributed by atoms with Crippen LogP contribution in [0.25, 0.3) is 0 Å². The van der Waals surface area contributed by atoms with Crippen molar-refractivity contribution in [2.24, 2.45) is 0 Å². The summed E-state index contributed by atoms with van der Waals surface area (Å²) in [7, 11) is 0. The summed E-state index contributed by atoms with van der Waals surface area (Å²) in [6.45, 7) is 3.27. The first-order valence-electron chi connectivity index (χ1n) is 12.9. The molecular formula is C27H40Cl2N2O2S. The maximum atomic E-state index is 12.4. The molecule has 34 heavy (non-hydrogen) atoms. The van der Waals surface area contributed by atoms with Crippen LogP contribution in [0.2, 0.25) is 9.49 Å². The number of esters is 1. The van der Waals surface area contributed by atoms with Gasteiger partial charge in [-0.1, -0.05) is 114 Å². The first-order chi connectivity index (χ1) is 16.6. The van der Waals surface area contributed by atoms with Crippen molar-refractivity contribution in [2.75, 3.05) is 11.9 Å². The zero-order valence-corrected chi connectivity index (χ0v) is 22.9. The van der Waals surface area contributed by atoms with E-state index >= 15 is 0 Å². The Bertz CT molecular complexity index is 829. The van der Waals surface area contributed by atoms with Gasteiger partial charge in [0.05, 0.1) is 29.4 Å². The van der Waals surface area contributed by atoms with Gasteiger partial charge in [0.15, 0.2) is 4.47 Å². The van der Waals surface area contributed by atoms with Crippen molar-refractivity contribution in [3.8, 4) is 0 Å². The fourth-order valence-corrected chi connectivity index (χ4v) is 4.98. The molecule has 0 unspecified atom stereocenters. The van der Waals surface area contributed by atoms with Gasteiger partial charge in [0.25, 0.3) is 0 Å². The van der Waals surface area contributed by atoms with Crippen LogP contribution in [0.5, 0.6) is 0 Å². The molecule has 0 saturated carbocycles. The van der Waals surface area contributed by atoms with Gasteiger partial charge >= 0.3 is 5.97 Å². The first-order valence-corrected chi connectivity index (χ1v) is 14.5. The van der Waals surface area contributed by atoms with Gasteiger partial charge < -0.3 is 10.1 Å². The topological polar surface area (TPSA) is 51.2 Å². The fraction of sp³-hybridized carbons (Fsp3) is 0.630. The monoisotopic (exact) mass is 526 g/mol. The maximum absolute atomic E-state index is 12.4. The second-order valence-corrected chi connectivity index (χ2v) is 11.0. The molecule has 1 N–H and O–H groups in total. The average Bonchev–Trinajstić information content (AvgIpc) is 3.25. The molecule has 0 fully saturated rings. The summed E-state index contributed by atoms with van der Waals surface area (Å²) in [6, 6.07) is 5.15. The number of ether oxygens (including phenoxy) is 1. The lowest BCUT2D eigenvalue weighted by Crippen LogP contribution is -2.07. The Hall–Kier alpha value is -1.30. The van der Waals surface area contributed by atoms with E-state index in [-0.39, 0.29) is 5.97 Å². The second kappa shape index (κ2) is 18.0. The van der Waals surface area contributed by atoms with E-state index < -0.39 is 0 Å². The molecule has 0 aliphatic carbocycles. The van der Waals surface area contributed by atoms with E-state index in [2.05, 4.69) is 17.2 Å². The van der Waals surface area contributed by atoms with E-state index in [1.165, 1.54) is 88.4 Å². The van der Waals surface area contributed by atoms with Crippen molar-refractivity contribution in [1.82, 2.24) is 4.98 Å². The second-order valence-electron chi connectivity index (χ2n) is 8.86. The fourth-order valence-electron chi connectivity index (χ4n) is 3.88. The Morgan fingerprint density at radius 3 is 2.06 bits per heavy atom. The van der Waals surface area contributed by atoms with E-state index in [0.29, 0.717) is 33.9 Å². The van der Waals surface area contributed by atoms with Crippen molar-refractivity contribution < 1.29 is 9.53 Å². The lowest BCUT2D eigenvalue weighted by atomic mass is 10.0. The number of carbonyl (C=O) groups excluding carboxylic acids is 1. The predicted octanol–water partition coefficient (Wildman–Crippen LogP) is 9.70. The third-order valence-electron chi connectivity index (χ3n) is 5.91. The SMILES string of the molecule is CCCCCCCCCCCCCCCCOC(=O)c1ccc(Cl)c(NCc2cnc(Cl)s2)c1. The molecule has 0 aliphatic heterocycles. The maximum Gasteiger partial charge on any atom is 0.338 e. The van der Waals surface area contributed by atoms with Crippen LogP contribution in [0.4, 0.5) is 5.69 Å². The van der Waals surface area contributed by atoms with Gasteiger partial charge in [-0.3, -0.25) is 0 Å². The van der Waals surface area contributed by atoms with Crippen LogP contribution < -0.4 is 5.32 Å². The number of anilines is 1. The highest BCUT2D eigenvalue weighted by molar-refractivity contribution is 7.15. The molecule has 1 heterocycles. The largest absolute Gasteiger partial charge is 0.462 e. The van der Waals surface area contributed by atoms with Crippen LogP contribution in [0.1, 0.15) is 112 Å². The summed E-state index contributed by atoms with van der Waals surface area (Å²) in [5.41, 5.74) is 1.19. The molecule has 0 atom stereocenters. The van der Waals surface area contributed by atoms with E-state index in [1.54, 1.807) is 24.4 Å². The lowest BCUT2D eigenvalue weighted by Gasteiger charge is -2.10. The van der Waals surface area contributed by atoms with E-state index in [9.17, 15) is 4.79 Å². The van der Waals surface area contributed by atoms with Crippen molar-refractivity contribution in [3.63, 3.8) is 0 Å². The van der Waals surface area contributed by atoms with Crippen molar-refractivity contribution in [2.45, 2.75) is 103 Å². The molecule has 0 aliphatic rings. The van der Waals surface area contributed by atoms with Crippen LogP contribution in [-0.2, 0) is 11.3 Å². The zero-order chi connectivity index (χ0) is 24.4. The normalized spacial score (nSPS) is 11.0. The van der Waals surface area contributed by atoms with E-state index in [0.717, 1.165) is 17.7 Å². The molecule has 0 radical (unpaired) electrons. The van der Waals surface area contributed by atoms with Gasteiger partial charge in [-0.05, 0) is 24.6 Å². The quantitative estimate of drug-likeness (QED) is 0.146. The molecule has 1 aromatic heterocycles. The molecule has 1 aromatic carbocycles. The molecule has 0 spiro atoms. The number of hydrogen-bond acceptors (Lipinski definition) is 5. The van der Waals surface area contributed by atoms with Crippen LogP contribution in [-0.4, -0.2) is 17.6 Å². The van der Waals surface area contributed by atoms with Crippen molar-refractivity contribution in [1.29, 1.82) is 0 Å². The molecule has 190 valence electrons. The summed E-state index contributed by atoms with van der Waals surface area (Å²) in [4.78, 5) is 17.4. The molecule has 4 nitrogen and oxygen atoms in total. The Balaban J connectivity index is 1.50. The van der Waals surface area contributed by atoms with Crippen LogP contribution in [0.3, 0.4) is 0 Å². The minimum absolute atomic E-state index is 0.310. The minimum atomic E-state index is -0.310. The number of unbranched alkanes of at least 4 members (excludes halogenated alkanes) is 13. The highest BCUT2D eigenvalue weighted by Gasteiger charge is 2.11. The third kappa shape index (κ3) is 12.4. The third-order valence-corrected chi connectivity index (χ3v) is 7.36. The Labute approximate surface area is 219 Å². The molecular weight excluding hydrogens is 487 g/mol. The number of thiazole rings is 1. The van der Waals surface area contributed by atoms with Gasteiger partial charge in [-0.15, -0.1) is 11.3 Å². The number of nitrogens with one attached hydrogen (secondary N) is 1. The smallest absolute Gasteiger partial charge is 0.338 e. The highest BCUT2D eigenvalue weighted by Crippen LogP contribution is 2.26. The number of nitrogens with zero attached hydrogens (tertiary/aromatic N) is 1. The van der Waals surface area contributed by atoms with Crippen LogP contribution in [0.15, 0.2) is 24.4 Å². The number of halogens is 2. The number of hydrogen-bond donors (Lipinski definition) is 1. The summed E-state index contributed by atoms with van der Waals surface area (Å²) < 4.78 is 5.96. The van der Waals surface area contributed by atoms with Gasteiger partial charge in [0.2, 0.25) is 0 Å². The molecule has 7 heteroatoms. The number of aromatic nitrogens is 1. The first kappa shape index (κ1) is 28.9. The van der Waals surface area contributed by atoms with E-state index in [1.807, 2.05) is 0 Å². The Morgan fingerprint density at radius 2 is 1.50 bits per heavy atom. The molecule has 0 saturated heterocycles. The minimum Gasteiger partial charge on any atom is -0.462 e. The van der Waals surface area contributed by atoms with Crippen LogP contribution in [0, 0.1) is 0 Å². The van der Waals surface area contributed by atoms with Gasteiger partial charge in [0, 0.05) is 11.1 Å². The summed E-state index contributed by atoms with van der Waals surface area (Å²) >= 11 is 13.5. The number of carbonyl (C=O) groups is 1. The Morgan fingerprint density at radius 1 is 0.912 bits per heavy atom. The van der Waals surface area contributed by atoms with Crippen molar-refractivity contribution in [3.05, 3.63) is 44.3 Å².